The summed E-state index contributed by atoms with van der Waals surface area (Å²) in [6.07, 6.45) is 1.55. The summed E-state index contributed by atoms with van der Waals surface area (Å²) in [5.74, 6) is -0.222. The number of hydrogen-bond donors (Lipinski definition) is 1. The second kappa shape index (κ2) is 5.36. The Morgan fingerprint density at radius 1 is 1.05 bits per heavy atom. The standard InChI is InChI=1S/C16H11F2NO2/c17-16(18)21-14-8-4-1-5-10(14)9-12-11-6-2-3-7-13(11)19-15(12)20/h1-9,16H,(H,19,20). The predicted octanol–water partition coefficient (Wildman–Crippen LogP) is 3.78. The molecule has 3 nitrogen and oxygen atoms in total. The van der Waals surface area contributed by atoms with Crippen LogP contribution in [0, 0.1) is 0 Å². The Balaban J connectivity index is 2.05. The van der Waals surface area contributed by atoms with Crippen LogP contribution < -0.4 is 10.1 Å². The lowest BCUT2D eigenvalue weighted by molar-refractivity contribution is -0.110. The highest BCUT2D eigenvalue weighted by molar-refractivity contribution is 6.35. The Morgan fingerprint density at radius 3 is 2.57 bits per heavy atom. The molecular weight excluding hydrogens is 276 g/mol. The Kier molecular flexibility index (Phi) is 3.39. The van der Waals surface area contributed by atoms with Crippen LogP contribution in [0.5, 0.6) is 5.75 Å². The summed E-state index contributed by atoms with van der Waals surface area (Å²) in [5.41, 5.74) is 2.31. The molecule has 1 amide bonds. The van der Waals surface area contributed by atoms with Crippen molar-refractivity contribution in [3.8, 4) is 5.75 Å². The van der Waals surface area contributed by atoms with Gasteiger partial charge >= 0.3 is 6.61 Å². The van der Waals surface area contributed by atoms with E-state index in [1.165, 1.54) is 6.07 Å². The van der Waals surface area contributed by atoms with Crippen molar-refractivity contribution < 1.29 is 18.3 Å². The van der Waals surface area contributed by atoms with Crippen molar-refractivity contribution in [2.75, 3.05) is 5.32 Å². The van der Waals surface area contributed by atoms with E-state index in [2.05, 4.69) is 10.1 Å². The molecule has 0 spiro atoms. The minimum atomic E-state index is -2.91. The monoisotopic (exact) mass is 287 g/mol. The van der Waals surface area contributed by atoms with Gasteiger partial charge in [0.25, 0.3) is 5.91 Å². The van der Waals surface area contributed by atoms with Gasteiger partial charge in [0.1, 0.15) is 5.75 Å². The lowest BCUT2D eigenvalue weighted by Gasteiger charge is -2.08. The molecule has 1 aliphatic rings. The van der Waals surface area contributed by atoms with Crippen LogP contribution in [0.3, 0.4) is 0 Å². The average molecular weight is 287 g/mol. The third kappa shape index (κ3) is 2.63. The third-order valence-electron chi connectivity index (χ3n) is 3.14. The number of anilines is 1. The highest BCUT2D eigenvalue weighted by atomic mass is 19.3. The van der Waals surface area contributed by atoms with E-state index in [0.29, 0.717) is 16.8 Å². The molecule has 2 aromatic rings. The maximum atomic E-state index is 12.4. The number of rotatable bonds is 3. The number of carbonyl (C=O) groups excluding carboxylic acids is 1. The normalized spacial score (nSPS) is 15.2. The molecule has 2 aromatic carbocycles. The fourth-order valence-electron chi connectivity index (χ4n) is 2.24. The second-order valence-electron chi connectivity index (χ2n) is 4.47. The molecule has 0 unspecified atom stereocenters. The fourth-order valence-corrected chi connectivity index (χ4v) is 2.24. The largest absolute Gasteiger partial charge is 0.434 e. The van der Waals surface area contributed by atoms with E-state index in [9.17, 15) is 13.6 Å². The van der Waals surface area contributed by atoms with Crippen LogP contribution in [0.4, 0.5) is 14.5 Å². The molecule has 1 aliphatic heterocycles. The zero-order valence-electron chi connectivity index (χ0n) is 10.8. The number of alkyl halides is 2. The summed E-state index contributed by atoms with van der Waals surface area (Å²) >= 11 is 0. The van der Waals surface area contributed by atoms with Gasteiger partial charge in [-0.1, -0.05) is 36.4 Å². The summed E-state index contributed by atoms with van der Waals surface area (Å²) in [6, 6.07) is 13.6. The van der Waals surface area contributed by atoms with E-state index in [1.54, 1.807) is 36.4 Å². The smallest absolute Gasteiger partial charge is 0.387 e. The van der Waals surface area contributed by atoms with Gasteiger partial charge in [0.2, 0.25) is 0 Å². The summed E-state index contributed by atoms with van der Waals surface area (Å²) in [4.78, 5) is 12.0. The van der Waals surface area contributed by atoms with E-state index >= 15 is 0 Å². The van der Waals surface area contributed by atoms with E-state index in [0.717, 1.165) is 5.56 Å². The molecule has 0 aliphatic carbocycles. The second-order valence-corrected chi connectivity index (χ2v) is 4.47. The van der Waals surface area contributed by atoms with Gasteiger partial charge in [-0.05, 0) is 18.2 Å². The topological polar surface area (TPSA) is 38.3 Å². The zero-order valence-corrected chi connectivity index (χ0v) is 10.8. The Bertz CT molecular complexity index is 726. The van der Waals surface area contributed by atoms with Crippen molar-refractivity contribution >= 4 is 23.2 Å². The Hall–Kier alpha value is -2.69. The fraction of sp³-hybridized carbons (Fsp3) is 0.0625. The van der Waals surface area contributed by atoms with Crippen molar-refractivity contribution in [1.82, 2.24) is 0 Å². The SMILES string of the molecule is O=C1Nc2ccccc2C1=Cc1ccccc1OC(F)F. The number of carbonyl (C=O) groups is 1. The number of para-hydroxylation sites is 2. The third-order valence-corrected chi connectivity index (χ3v) is 3.14. The first-order valence-corrected chi connectivity index (χ1v) is 6.31. The van der Waals surface area contributed by atoms with Gasteiger partial charge in [0, 0.05) is 22.4 Å². The lowest BCUT2D eigenvalue weighted by Crippen LogP contribution is -2.05. The van der Waals surface area contributed by atoms with Crippen LogP contribution in [0.25, 0.3) is 11.6 Å². The molecule has 0 saturated carbocycles. The van der Waals surface area contributed by atoms with Crippen LogP contribution >= 0.6 is 0 Å². The quantitative estimate of drug-likeness (QED) is 0.872. The molecule has 1 heterocycles. The predicted molar refractivity (Wildman–Crippen MR) is 76.0 cm³/mol. The van der Waals surface area contributed by atoms with Crippen LogP contribution in [0.15, 0.2) is 48.5 Å². The van der Waals surface area contributed by atoms with E-state index in [1.807, 2.05) is 12.1 Å². The van der Waals surface area contributed by atoms with Crippen molar-refractivity contribution in [1.29, 1.82) is 0 Å². The van der Waals surface area contributed by atoms with E-state index in [-0.39, 0.29) is 11.7 Å². The average Bonchev–Trinajstić information content (AvgIpc) is 2.77. The molecule has 1 N–H and O–H groups in total. The van der Waals surface area contributed by atoms with Crippen LogP contribution in [0.2, 0.25) is 0 Å². The van der Waals surface area contributed by atoms with Gasteiger partial charge in [-0.2, -0.15) is 8.78 Å². The zero-order chi connectivity index (χ0) is 14.8. The minimum absolute atomic E-state index is 0.0391. The highest BCUT2D eigenvalue weighted by Crippen LogP contribution is 2.34. The van der Waals surface area contributed by atoms with E-state index in [4.69, 9.17) is 0 Å². The number of amides is 1. The number of benzene rings is 2. The first-order valence-electron chi connectivity index (χ1n) is 6.31. The number of hydrogen-bond acceptors (Lipinski definition) is 2. The maximum Gasteiger partial charge on any atom is 0.387 e. The number of halogens is 2. The summed E-state index contributed by atoms with van der Waals surface area (Å²) in [5, 5.41) is 2.73. The molecule has 0 atom stereocenters. The first-order chi connectivity index (χ1) is 10.1. The summed E-state index contributed by atoms with van der Waals surface area (Å²) in [6.45, 7) is -2.91. The van der Waals surface area contributed by atoms with Crippen molar-refractivity contribution in [2.45, 2.75) is 6.61 Å². The van der Waals surface area contributed by atoms with Gasteiger partial charge < -0.3 is 10.1 Å². The van der Waals surface area contributed by atoms with Gasteiger partial charge in [-0.15, -0.1) is 0 Å². The summed E-state index contributed by atoms with van der Waals surface area (Å²) < 4.78 is 29.3. The van der Waals surface area contributed by atoms with Gasteiger partial charge in [0.05, 0.1) is 0 Å². The van der Waals surface area contributed by atoms with Crippen LogP contribution in [-0.4, -0.2) is 12.5 Å². The first kappa shape index (κ1) is 13.3. The van der Waals surface area contributed by atoms with Crippen LogP contribution in [0.1, 0.15) is 11.1 Å². The minimum Gasteiger partial charge on any atom is -0.434 e. The van der Waals surface area contributed by atoms with Crippen molar-refractivity contribution in [3.63, 3.8) is 0 Å². The number of ether oxygens (including phenoxy) is 1. The molecular formula is C16H11F2NO2. The van der Waals surface area contributed by atoms with Crippen molar-refractivity contribution in [3.05, 3.63) is 59.7 Å². The molecule has 0 radical (unpaired) electrons. The van der Waals surface area contributed by atoms with E-state index < -0.39 is 6.61 Å². The molecule has 21 heavy (non-hydrogen) atoms. The molecule has 0 saturated heterocycles. The molecule has 0 fully saturated rings. The molecule has 3 rings (SSSR count). The molecule has 0 bridgehead atoms. The number of fused-ring (bicyclic) bond motifs is 1. The maximum absolute atomic E-state index is 12.4. The summed E-state index contributed by atoms with van der Waals surface area (Å²) in [7, 11) is 0. The van der Waals surface area contributed by atoms with Gasteiger partial charge in [-0.3, -0.25) is 4.79 Å². The van der Waals surface area contributed by atoms with Gasteiger partial charge in [-0.25, -0.2) is 0 Å². The van der Waals surface area contributed by atoms with Crippen molar-refractivity contribution in [2.24, 2.45) is 0 Å². The molecule has 106 valence electrons. The Morgan fingerprint density at radius 2 is 1.76 bits per heavy atom. The highest BCUT2D eigenvalue weighted by Gasteiger charge is 2.23. The number of nitrogens with one attached hydrogen (secondary N) is 1. The molecule has 5 heteroatoms. The van der Waals surface area contributed by atoms with Crippen LogP contribution in [-0.2, 0) is 4.79 Å². The lowest BCUT2D eigenvalue weighted by atomic mass is 10.0. The molecule has 0 aromatic heterocycles. The Labute approximate surface area is 119 Å². The van der Waals surface area contributed by atoms with Gasteiger partial charge in [0.15, 0.2) is 0 Å².